The summed E-state index contributed by atoms with van der Waals surface area (Å²) in [4.78, 5) is 22.7. The fourth-order valence-electron chi connectivity index (χ4n) is 1.15. The van der Waals surface area contributed by atoms with Gasteiger partial charge < -0.3 is 8.92 Å². The molecule has 0 heterocycles. The number of esters is 1. The van der Waals surface area contributed by atoms with E-state index in [0.29, 0.717) is 0 Å². The van der Waals surface area contributed by atoms with Gasteiger partial charge in [0.1, 0.15) is 5.75 Å². The second-order valence-electron chi connectivity index (χ2n) is 3.36. The van der Waals surface area contributed by atoms with E-state index in [-0.39, 0.29) is 17.9 Å². The Bertz CT molecular complexity index is 543. The first-order valence-corrected chi connectivity index (χ1v) is 6.86. The van der Waals surface area contributed by atoms with Gasteiger partial charge in [-0.15, -0.1) is 0 Å². The Kier molecular flexibility index (Phi) is 4.43. The monoisotopic (exact) mass is 272 g/mol. The summed E-state index contributed by atoms with van der Waals surface area (Å²) >= 11 is 0. The molecule has 0 amide bonds. The molecular weight excluding hydrogens is 260 g/mol. The van der Waals surface area contributed by atoms with Gasteiger partial charge in [-0.3, -0.25) is 4.79 Å². The molecule has 18 heavy (non-hydrogen) atoms. The van der Waals surface area contributed by atoms with Crippen LogP contribution >= 0.6 is 0 Å². The van der Waals surface area contributed by atoms with Crippen LogP contribution in [-0.2, 0) is 19.6 Å². The van der Waals surface area contributed by atoms with Crippen LogP contribution < -0.4 is 4.18 Å². The average Bonchev–Trinajstić information content (AvgIpc) is 2.27. The van der Waals surface area contributed by atoms with Crippen LogP contribution in [0.2, 0.25) is 0 Å². The summed E-state index contributed by atoms with van der Waals surface area (Å²) in [5.74, 6) is -1.67. The Morgan fingerprint density at radius 3 is 2.17 bits per heavy atom. The zero-order valence-electron chi connectivity index (χ0n) is 9.87. The quantitative estimate of drug-likeness (QED) is 0.340. The van der Waals surface area contributed by atoms with Crippen molar-refractivity contribution in [3.63, 3.8) is 0 Å². The van der Waals surface area contributed by atoms with E-state index in [0.717, 1.165) is 6.26 Å². The SMILES string of the molecule is CCOC(=O)C(=O)c1ccc(OS(C)(=O)=O)cc1. The molecule has 0 aliphatic rings. The standard InChI is InChI=1S/C11H12O6S/c1-3-16-11(13)10(12)8-4-6-9(7-5-8)17-18(2,14)15/h4-7H,3H2,1-2H3. The van der Waals surface area contributed by atoms with Crippen molar-refractivity contribution < 1.29 is 26.9 Å². The van der Waals surface area contributed by atoms with Crippen LogP contribution in [0.15, 0.2) is 24.3 Å². The first-order chi connectivity index (χ1) is 8.33. The van der Waals surface area contributed by atoms with Crippen LogP contribution in [0.3, 0.4) is 0 Å². The van der Waals surface area contributed by atoms with Gasteiger partial charge in [0.2, 0.25) is 0 Å². The summed E-state index contributed by atoms with van der Waals surface area (Å²) < 4.78 is 30.8. The van der Waals surface area contributed by atoms with Gasteiger partial charge >= 0.3 is 16.1 Å². The minimum Gasteiger partial charge on any atom is -0.460 e. The van der Waals surface area contributed by atoms with Crippen LogP contribution in [-0.4, -0.2) is 33.0 Å². The van der Waals surface area contributed by atoms with Crippen molar-refractivity contribution in [3.05, 3.63) is 29.8 Å². The topological polar surface area (TPSA) is 86.7 Å². The molecule has 1 aromatic rings. The molecule has 0 aromatic heterocycles. The molecule has 0 unspecified atom stereocenters. The smallest absolute Gasteiger partial charge is 0.379 e. The predicted octanol–water partition coefficient (Wildman–Crippen LogP) is 0.771. The van der Waals surface area contributed by atoms with Crippen molar-refractivity contribution in [1.29, 1.82) is 0 Å². The van der Waals surface area contributed by atoms with E-state index >= 15 is 0 Å². The van der Waals surface area contributed by atoms with Crippen molar-refractivity contribution in [3.8, 4) is 5.75 Å². The summed E-state index contributed by atoms with van der Waals surface area (Å²) in [6.45, 7) is 1.70. The Hall–Kier alpha value is -1.89. The molecule has 6 nitrogen and oxygen atoms in total. The lowest BCUT2D eigenvalue weighted by molar-refractivity contribution is -0.137. The number of hydrogen-bond donors (Lipinski definition) is 0. The zero-order valence-corrected chi connectivity index (χ0v) is 10.7. The number of ketones is 1. The molecule has 7 heteroatoms. The van der Waals surface area contributed by atoms with Gasteiger partial charge in [0.05, 0.1) is 12.9 Å². The van der Waals surface area contributed by atoms with Gasteiger partial charge in [-0.05, 0) is 31.2 Å². The number of ether oxygens (including phenoxy) is 1. The van der Waals surface area contributed by atoms with Crippen LogP contribution in [0.25, 0.3) is 0 Å². The number of carbonyl (C=O) groups is 2. The highest BCUT2D eigenvalue weighted by Crippen LogP contribution is 2.14. The number of hydrogen-bond acceptors (Lipinski definition) is 6. The highest BCUT2D eigenvalue weighted by atomic mass is 32.2. The number of carbonyl (C=O) groups excluding carboxylic acids is 2. The molecule has 0 radical (unpaired) electrons. The lowest BCUT2D eigenvalue weighted by Crippen LogP contribution is -2.17. The number of benzene rings is 1. The van der Waals surface area contributed by atoms with Crippen molar-refractivity contribution in [2.75, 3.05) is 12.9 Å². The lowest BCUT2D eigenvalue weighted by atomic mass is 10.1. The molecule has 0 fully saturated rings. The van der Waals surface area contributed by atoms with Crippen molar-refractivity contribution in [1.82, 2.24) is 0 Å². The largest absolute Gasteiger partial charge is 0.460 e. The summed E-state index contributed by atoms with van der Waals surface area (Å²) in [7, 11) is -3.61. The van der Waals surface area contributed by atoms with Crippen LogP contribution in [0.5, 0.6) is 5.75 Å². The molecule has 0 spiro atoms. The van der Waals surface area contributed by atoms with Gasteiger partial charge in [-0.2, -0.15) is 8.42 Å². The Morgan fingerprint density at radius 2 is 1.72 bits per heavy atom. The maximum Gasteiger partial charge on any atom is 0.379 e. The molecule has 0 N–H and O–H groups in total. The molecule has 98 valence electrons. The predicted molar refractivity (Wildman–Crippen MR) is 62.9 cm³/mol. The third-order valence-electron chi connectivity index (χ3n) is 1.82. The molecule has 0 bridgehead atoms. The molecule has 1 rings (SSSR count). The Balaban J connectivity index is 2.83. The highest BCUT2D eigenvalue weighted by Gasteiger charge is 2.17. The Labute approximate surface area is 105 Å². The highest BCUT2D eigenvalue weighted by molar-refractivity contribution is 7.86. The van der Waals surface area contributed by atoms with Crippen molar-refractivity contribution >= 4 is 21.9 Å². The third kappa shape index (κ3) is 4.17. The summed E-state index contributed by atoms with van der Waals surface area (Å²) in [5.41, 5.74) is 0.106. The average molecular weight is 272 g/mol. The van der Waals surface area contributed by atoms with Gasteiger partial charge in [-0.1, -0.05) is 0 Å². The third-order valence-corrected chi connectivity index (χ3v) is 2.32. The van der Waals surface area contributed by atoms with E-state index in [2.05, 4.69) is 8.92 Å². The fraction of sp³-hybridized carbons (Fsp3) is 0.273. The van der Waals surface area contributed by atoms with Crippen molar-refractivity contribution in [2.24, 2.45) is 0 Å². The number of Topliss-reactive ketones (excluding diaryl/α,β-unsaturated/α-hetero) is 1. The maximum atomic E-state index is 11.5. The summed E-state index contributed by atoms with van der Waals surface area (Å²) in [5, 5.41) is 0. The van der Waals surface area contributed by atoms with Gasteiger partial charge in [-0.25, -0.2) is 4.79 Å². The van der Waals surface area contributed by atoms with E-state index in [1.807, 2.05) is 0 Å². The molecule has 0 atom stereocenters. The maximum absolute atomic E-state index is 11.5. The van der Waals surface area contributed by atoms with E-state index in [9.17, 15) is 18.0 Å². The van der Waals surface area contributed by atoms with E-state index in [1.165, 1.54) is 24.3 Å². The fourth-order valence-corrected chi connectivity index (χ4v) is 1.61. The molecule has 1 aromatic carbocycles. The van der Waals surface area contributed by atoms with Crippen LogP contribution in [0.4, 0.5) is 0 Å². The van der Waals surface area contributed by atoms with E-state index < -0.39 is 21.9 Å². The normalized spacial score (nSPS) is 10.8. The van der Waals surface area contributed by atoms with Gasteiger partial charge in [0, 0.05) is 5.56 Å². The Morgan fingerprint density at radius 1 is 1.17 bits per heavy atom. The van der Waals surface area contributed by atoms with Crippen LogP contribution in [0, 0.1) is 0 Å². The molecule has 0 aliphatic carbocycles. The molecular formula is C11H12O6S. The molecule has 0 saturated heterocycles. The zero-order chi connectivity index (χ0) is 13.8. The second kappa shape index (κ2) is 5.63. The van der Waals surface area contributed by atoms with Crippen molar-refractivity contribution in [2.45, 2.75) is 6.92 Å². The van der Waals surface area contributed by atoms with Gasteiger partial charge in [0.25, 0.3) is 5.78 Å². The first-order valence-electron chi connectivity index (χ1n) is 5.04. The van der Waals surface area contributed by atoms with Crippen LogP contribution in [0.1, 0.15) is 17.3 Å². The second-order valence-corrected chi connectivity index (χ2v) is 4.94. The summed E-state index contributed by atoms with van der Waals surface area (Å²) in [6.07, 6.45) is 0.907. The minimum absolute atomic E-state index is 0.0675. The molecule has 0 saturated carbocycles. The van der Waals surface area contributed by atoms with E-state index in [1.54, 1.807) is 6.92 Å². The first kappa shape index (κ1) is 14.2. The minimum atomic E-state index is -3.61. The molecule has 0 aliphatic heterocycles. The lowest BCUT2D eigenvalue weighted by Gasteiger charge is -2.04. The number of rotatable bonds is 5. The van der Waals surface area contributed by atoms with Gasteiger partial charge in [0.15, 0.2) is 0 Å². The summed E-state index contributed by atoms with van der Waals surface area (Å²) in [6, 6.07) is 5.15. The van der Waals surface area contributed by atoms with E-state index in [4.69, 9.17) is 0 Å².